The molecule has 2 N–H and O–H groups in total. The molecule has 4 nitrogen and oxygen atoms in total. The fraction of sp³-hybridized carbons (Fsp3) is 0.273. The first kappa shape index (κ1) is 13.4. The van der Waals surface area contributed by atoms with E-state index in [0.29, 0.717) is 0 Å². The highest BCUT2D eigenvalue weighted by Crippen LogP contribution is 2.21. The average Bonchev–Trinajstić information content (AvgIpc) is 2.24. The van der Waals surface area contributed by atoms with Gasteiger partial charge in [0, 0.05) is 14.1 Å². The van der Waals surface area contributed by atoms with E-state index < -0.39 is 5.82 Å². The minimum atomic E-state index is -0.563. The van der Waals surface area contributed by atoms with E-state index in [1.165, 1.54) is 23.1 Å². The summed E-state index contributed by atoms with van der Waals surface area (Å²) < 4.78 is 18.6. The van der Waals surface area contributed by atoms with Gasteiger partial charge in [0.2, 0.25) is 0 Å². The Hall–Kier alpha value is -1.69. The SMILES string of the molecule is CN(C)C(=O)COc1cccc(F)c1C(N)=S. The third-order valence-electron chi connectivity index (χ3n) is 2.07. The maximum Gasteiger partial charge on any atom is 0.259 e. The molecular weight excluding hydrogens is 243 g/mol. The summed E-state index contributed by atoms with van der Waals surface area (Å²) in [6.07, 6.45) is 0. The molecule has 1 aromatic carbocycles. The van der Waals surface area contributed by atoms with Crippen molar-refractivity contribution in [2.24, 2.45) is 5.73 Å². The molecule has 0 aliphatic heterocycles. The van der Waals surface area contributed by atoms with Crippen LogP contribution in [-0.4, -0.2) is 36.5 Å². The summed E-state index contributed by atoms with van der Waals surface area (Å²) in [5.41, 5.74) is 5.42. The summed E-state index contributed by atoms with van der Waals surface area (Å²) in [5, 5.41) is 0. The maximum atomic E-state index is 13.4. The Kier molecular flexibility index (Phi) is 4.39. The van der Waals surface area contributed by atoms with E-state index in [1.54, 1.807) is 14.1 Å². The van der Waals surface area contributed by atoms with Gasteiger partial charge >= 0.3 is 0 Å². The number of carbonyl (C=O) groups is 1. The number of thiocarbonyl (C=S) groups is 1. The zero-order valence-electron chi connectivity index (χ0n) is 9.57. The van der Waals surface area contributed by atoms with Crippen molar-refractivity contribution in [3.05, 3.63) is 29.6 Å². The summed E-state index contributed by atoms with van der Waals surface area (Å²) in [4.78, 5) is 12.6. The van der Waals surface area contributed by atoms with Gasteiger partial charge in [0.1, 0.15) is 16.6 Å². The van der Waals surface area contributed by atoms with E-state index in [2.05, 4.69) is 0 Å². The van der Waals surface area contributed by atoms with Crippen molar-refractivity contribution in [1.29, 1.82) is 0 Å². The standard InChI is InChI=1S/C11H13FN2O2S/c1-14(2)9(15)6-16-8-5-3-4-7(12)10(8)11(13)17/h3-5H,6H2,1-2H3,(H2,13,17). The maximum absolute atomic E-state index is 13.4. The average molecular weight is 256 g/mol. The molecule has 1 rings (SSSR count). The van der Waals surface area contributed by atoms with Gasteiger partial charge in [-0.25, -0.2) is 4.39 Å². The molecule has 1 amide bonds. The summed E-state index contributed by atoms with van der Waals surface area (Å²) >= 11 is 4.73. The molecule has 0 aliphatic carbocycles. The Morgan fingerprint density at radius 2 is 2.18 bits per heavy atom. The third kappa shape index (κ3) is 3.39. The molecular formula is C11H13FN2O2S. The van der Waals surface area contributed by atoms with Gasteiger partial charge in [-0.1, -0.05) is 18.3 Å². The number of amides is 1. The highest BCUT2D eigenvalue weighted by atomic mass is 32.1. The van der Waals surface area contributed by atoms with E-state index in [-0.39, 0.29) is 28.8 Å². The Bertz CT molecular complexity index is 449. The minimum absolute atomic E-state index is 0.0223. The number of hydrogen-bond acceptors (Lipinski definition) is 3. The summed E-state index contributed by atoms with van der Waals surface area (Å²) in [6, 6.07) is 4.21. The largest absolute Gasteiger partial charge is 0.483 e. The van der Waals surface area contributed by atoms with Crippen LogP contribution in [0.2, 0.25) is 0 Å². The molecule has 0 heterocycles. The summed E-state index contributed by atoms with van der Waals surface area (Å²) in [5.74, 6) is -0.622. The molecule has 0 fully saturated rings. The van der Waals surface area contributed by atoms with Gasteiger partial charge < -0.3 is 15.4 Å². The van der Waals surface area contributed by atoms with Crippen LogP contribution in [0.1, 0.15) is 5.56 Å². The fourth-order valence-corrected chi connectivity index (χ4v) is 1.33. The molecule has 0 unspecified atom stereocenters. The fourth-order valence-electron chi connectivity index (χ4n) is 1.13. The molecule has 0 saturated carbocycles. The van der Waals surface area contributed by atoms with Gasteiger partial charge in [0.25, 0.3) is 5.91 Å². The lowest BCUT2D eigenvalue weighted by Gasteiger charge is -2.13. The lowest BCUT2D eigenvalue weighted by atomic mass is 10.2. The van der Waals surface area contributed by atoms with Crippen LogP contribution < -0.4 is 10.5 Å². The first-order valence-electron chi connectivity index (χ1n) is 4.84. The van der Waals surface area contributed by atoms with Crippen LogP contribution in [0, 0.1) is 5.82 Å². The number of hydrogen-bond donors (Lipinski definition) is 1. The van der Waals surface area contributed by atoms with Gasteiger partial charge in [-0.2, -0.15) is 0 Å². The van der Waals surface area contributed by atoms with Crippen LogP contribution in [0.4, 0.5) is 4.39 Å². The Labute approximate surface area is 104 Å². The normalized spacial score (nSPS) is 9.82. The smallest absolute Gasteiger partial charge is 0.259 e. The first-order valence-corrected chi connectivity index (χ1v) is 5.25. The lowest BCUT2D eigenvalue weighted by Crippen LogP contribution is -2.28. The van der Waals surface area contributed by atoms with Crippen LogP contribution in [0.3, 0.4) is 0 Å². The molecule has 0 atom stereocenters. The number of benzene rings is 1. The predicted octanol–water partition coefficient (Wildman–Crippen LogP) is 0.927. The number of carbonyl (C=O) groups excluding carboxylic acids is 1. The first-order chi connectivity index (χ1) is 7.93. The van der Waals surface area contributed by atoms with Gasteiger partial charge in [0.05, 0.1) is 5.56 Å². The summed E-state index contributed by atoms with van der Waals surface area (Å²) in [7, 11) is 3.21. The molecule has 0 saturated heterocycles. The van der Waals surface area contributed by atoms with Crippen molar-refractivity contribution >= 4 is 23.1 Å². The van der Waals surface area contributed by atoms with Crippen LogP contribution in [-0.2, 0) is 4.79 Å². The number of rotatable bonds is 4. The zero-order valence-corrected chi connectivity index (χ0v) is 10.4. The number of nitrogens with two attached hydrogens (primary N) is 1. The molecule has 17 heavy (non-hydrogen) atoms. The Morgan fingerprint density at radius 3 is 2.71 bits per heavy atom. The quantitative estimate of drug-likeness (QED) is 0.814. The number of likely N-dealkylation sites (N-methyl/N-ethyl adjacent to an activating group) is 1. The molecule has 6 heteroatoms. The Morgan fingerprint density at radius 1 is 1.53 bits per heavy atom. The molecule has 0 bridgehead atoms. The van der Waals surface area contributed by atoms with Gasteiger partial charge in [0.15, 0.2) is 6.61 Å². The molecule has 1 aromatic rings. The lowest BCUT2D eigenvalue weighted by molar-refractivity contribution is -0.130. The Balaban J connectivity index is 2.88. The van der Waals surface area contributed by atoms with Crippen molar-refractivity contribution in [3.63, 3.8) is 0 Å². The van der Waals surface area contributed by atoms with Crippen molar-refractivity contribution < 1.29 is 13.9 Å². The van der Waals surface area contributed by atoms with Crippen LogP contribution in [0.15, 0.2) is 18.2 Å². The topological polar surface area (TPSA) is 55.6 Å². The van der Waals surface area contributed by atoms with E-state index in [0.717, 1.165) is 0 Å². The molecule has 0 aliphatic rings. The van der Waals surface area contributed by atoms with Gasteiger partial charge in [-0.3, -0.25) is 4.79 Å². The van der Waals surface area contributed by atoms with E-state index in [1.807, 2.05) is 0 Å². The summed E-state index contributed by atoms with van der Waals surface area (Å²) in [6.45, 7) is -0.188. The predicted molar refractivity (Wildman–Crippen MR) is 66.5 cm³/mol. The van der Waals surface area contributed by atoms with Crippen molar-refractivity contribution in [1.82, 2.24) is 4.90 Å². The molecule has 0 spiro atoms. The van der Waals surface area contributed by atoms with Crippen molar-refractivity contribution in [2.75, 3.05) is 20.7 Å². The number of halogens is 1. The van der Waals surface area contributed by atoms with Crippen LogP contribution in [0.25, 0.3) is 0 Å². The second-order valence-electron chi connectivity index (χ2n) is 3.55. The van der Waals surface area contributed by atoms with Gasteiger partial charge in [-0.05, 0) is 12.1 Å². The highest BCUT2D eigenvalue weighted by molar-refractivity contribution is 7.80. The molecule has 0 radical (unpaired) electrons. The van der Waals surface area contributed by atoms with Crippen molar-refractivity contribution in [3.8, 4) is 5.75 Å². The van der Waals surface area contributed by atoms with E-state index in [9.17, 15) is 9.18 Å². The van der Waals surface area contributed by atoms with Crippen LogP contribution in [0.5, 0.6) is 5.75 Å². The van der Waals surface area contributed by atoms with Gasteiger partial charge in [-0.15, -0.1) is 0 Å². The third-order valence-corrected chi connectivity index (χ3v) is 2.28. The zero-order chi connectivity index (χ0) is 13.0. The van der Waals surface area contributed by atoms with Crippen molar-refractivity contribution in [2.45, 2.75) is 0 Å². The monoisotopic (exact) mass is 256 g/mol. The highest BCUT2D eigenvalue weighted by Gasteiger charge is 2.13. The second-order valence-corrected chi connectivity index (χ2v) is 3.99. The molecule has 92 valence electrons. The van der Waals surface area contributed by atoms with E-state index >= 15 is 0 Å². The molecule has 0 aromatic heterocycles. The number of nitrogens with zero attached hydrogens (tertiary/aromatic N) is 1. The van der Waals surface area contributed by atoms with E-state index in [4.69, 9.17) is 22.7 Å². The second kappa shape index (κ2) is 5.58. The van der Waals surface area contributed by atoms with Crippen LogP contribution >= 0.6 is 12.2 Å². The number of ether oxygens (including phenoxy) is 1. The minimum Gasteiger partial charge on any atom is -0.483 e.